The van der Waals surface area contributed by atoms with E-state index in [9.17, 15) is 19.8 Å². The number of carboxylic acid groups (broad SMARTS) is 1. The Balaban J connectivity index is 1.63. The first-order valence-corrected chi connectivity index (χ1v) is 14.8. The second kappa shape index (κ2) is 15.1. The van der Waals surface area contributed by atoms with Crippen LogP contribution >= 0.6 is 11.3 Å². The maximum absolute atomic E-state index is 13.4. The number of nitrogens with one attached hydrogen (secondary N) is 2. The number of benzene rings is 3. The average Bonchev–Trinajstić information content (AvgIpc) is 3.49. The van der Waals surface area contributed by atoms with Crippen molar-refractivity contribution in [1.29, 1.82) is 0 Å². The standard InChI is InChI=1S/C33H37N3O5S/c1-22-10-9-11-23(2)32(22)41-20-30(37)35-28(16-24-12-5-3-6-13-24)27(18-26-19-34-21-42-26)31(38)29(36-33(39)40)17-25-14-7-4-8-15-25/h3-15,19,21,27-29,31,36,38H,16-18,20H2,1-2H3,(H,35,37)(H,39,40)/t27?,28-,29-,31-/m0/s1. The van der Waals surface area contributed by atoms with E-state index in [1.54, 1.807) is 11.7 Å². The lowest BCUT2D eigenvalue weighted by molar-refractivity contribution is -0.124. The smallest absolute Gasteiger partial charge is 0.404 e. The summed E-state index contributed by atoms with van der Waals surface area (Å²) < 4.78 is 5.93. The highest BCUT2D eigenvalue weighted by molar-refractivity contribution is 7.09. The lowest BCUT2D eigenvalue weighted by Gasteiger charge is -2.36. The lowest BCUT2D eigenvalue weighted by atomic mass is 9.81. The first kappa shape index (κ1) is 30.7. The van der Waals surface area contributed by atoms with Gasteiger partial charge in [-0.25, -0.2) is 4.79 Å². The molecule has 0 aliphatic heterocycles. The number of aliphatic hydroxyl groups excluding tert-OH is 1. The van der Waals surface area contributed by atoms with Gasteiger partial charge in [0, 0.05) is 23.0 Å². The fourth-order valence-corrected chi connectivity index (χ4v) is 5.92. The number of nitrogens with zero attached hydrogens (tertiary/aromatic N) is 1. The molecule has 0 spiro atoms. The number of hydrogen-bond donors (Lipinski definition) is 4. The molecule has 0 bridgehead atoms. The minimum atomic E-state index is -1.22. The van der Waals surface area contributed by atoms with Crippen LogP contribution in [0, 0.1) is 19.8 Å². The molecule has 3 aromatic carbocycles. The highest BCUT2D eigenvalue weighted by Crippen LogP contribution is 2.26. The number of carbonyl (C=O) groups excluding carboxylic acids is 1. The molecule has 0 aliphatic rings. The van der Waals surface area contributed by atoms with Crippen LogP contribution in [0.15, 0.2) is 90.6 Å². The summed E-state index contributed by atoms with van der Waals surface area (Å²) in [5, 5.41) is 27.2. The highest BCUT2D eigenvalue weighted by atomic mass is 32.1. The van der Waals surface area contributed by atoms with Crippen LogP contribution in [0.4, 0.5) is 4.79 Å². The number of rotatable bonds is 14. The molecule has 42 heavy (non-hydrogen) atoms. The largest absolute Gasteiger partial charge is 0.483 e. The number of aryl methyl sites for hydroxylation is 2. The maximum Gasteiger partial charge on any atom is 0.404 e. The summed E-state index contributed by atoms with van der Waals surface area (Å²) in [5.41, 5.74) is 5.46. The molecule has 2 amide bonds. The van der Waals surface area contributed by atoms with E-state index in [2.05, 4.69) is 15.6 Å². The number of aromatic nitrogens is 1. The summed E-state index contributed by atoms with van der Waals surface area (Å²) in [7, 11) is 0. The van der Waals surface area contributed by atoms with Crippen LogP contribution in [0.2, 0.25) is 0 Å². The van der Waals surface area contributed by atoms with Crippen LogP contribution in [0.3, 0.4) is 0 Å². The van der Waals surface area contributed by atoms with Gasteiger partial charge in [0.1, 0.15) is 5.75 Å². The van der Waals surface area contributed by atoms with Gasteiger partial charge in [0.15, 0.2) is 6.61 Å². The molecular formula is C33H37N3O5S. The van der Waals surface area contributed by atoms with Crippen LogP contribution in [0.25, 0.3) is 0 Å². The van der Waals surface area contributed by atoms with Gasteiger partial charge in [-0.1, -0.05) is 78.9 Å². The van der Waals surface area contributed by atoms with E-state index in [1.165, 1.54) is 11.3 Å². The second-order valence-corrected chi connectivity index (χ2v) is 11.4. The van der Waals surface area contributed by atoms with Gasteiger partial charge in [0.05, 0.1) is 17.7 Å². The quantitative estimate of drug-likeness (QED) is 0.165. The Hall–Kier alpha value is -4.21. The molecule has 4 rings (SSSR count). The van der Waals surface area contributed by atoms with E-state index in [0.29, 0.717) is 18.6 Å². The Morgan fingerprint density at radius 3 is 1.98 bits per heavy atom. The van der Waals surface area contributed by atoms with Crippen molar-refractivity contribution in [3.63, 3.8) is 0 Å². The van der Waals surface area contributed by atoms with E-state index in [0.717, 1.165) is 27.1 Å². The Labute approximate surface area is 250 Å². The molecule has 8 nitrogen and oxygen atoms in total. The molecule has 1 unspecified atom stereocenters. The third-order valence-corrected chi connectivity index (χ3v) is 8.10. The normalized spacial score (nSPS) is 13.9. The molecule has 1 heterocycles. The zero-order chi connectivity index (χ0) is 29.9. The minimum absolute atomic E-state index is 0.193. The zero-order valence-corrected chi connectivity index (χ0v) is 24.6. The first-order chi connectivity index (χ1) is 20.3. The number of carbonyl (C=O) groups is 2. The molecular weight excluding hydrogens is 550 g/mol. The van der Waals surface area contributed by atoms with E-state index >= 15 is 0 Å². The fraction of sp³-hybridized carbons (Fsp3) is 0.303. The molecule has 0 saturated heterocycles. The predicted octanol–water partition coefficient (Wildman–Crippen LogP) is 4.96. The summed E-state index contributed by atoms with van der Waals surface area (Å²) in [6, 6.07) is 23.6. The maximum atomic E-state index is 13.4. The van der Waals surface area contributed by atoms with Crippen molar-refractivity contribution in [2.75, 3.05) is 6.61 Å². The Morgan fingerprint density at radius 1 is 0.833 bits per heavy atom. The SMILES string of the molecule is Cc1cccc(C)c1OCC(=O)N[C@@H](Cc1ccccc1)C(Cc1cncs1)[C@H](O)[C@H](Cc1ccccc1)NC(=O)O. The van der Waals surface area contributed by atoms with Gasteiger partial charge in [-0.05, 0) is 55.4 Å². The molecule has 0 aliphatic carbocycles. The van der Waals surface area contributed by atoms with E-state index < -0.39 is 30.2 Å². The van der Waals surface area contributed by atoms with Crippen molar-refractivity contribution in [1.82, 2.24) is 15.6 Å². The molecule has 4 N–H and O–H groups in total. The van der Waals surface area contributed by atoms with Crippen LogP contribution < -0.4 is 15.4 Å². The predicted molar refractivity (Wildman–Crippen MR) is 164 cm³/mol. The molecule has 0 saturated carbocycles. The van der Waals surface area contributed by atoms with Crippen molar-refractivity contribution >= 4 is 23.3 Å². The summed E-state index contributed by atoms with van der Waals surface area (Å²) in [6.07, 6.45) is 0.506. The van der Waals surface area contributed by atoms with Gasteiger partial charge in [-0.2, -0.15) is 0 Å². The number of aliphatic hydroxyl groups is 1. The number of para-hydroxylation sites is 1. The Kier molecular flexibility index (Phi) is 11.1. The molecule has 4 atom stereocenters. The number of amides is 2. The number of hydrogen-bond acceptors (Lipinski definition) is 6. The van der Waals surface area contributed by atoms with E-state index in [1.807, 2.05) is 92.7 Å². The topological polar surface area (TPSA) is 121 Å². The molecule has 1 aromatic heterocycles. The lowest BCUT2D eigenvalue weighted by Crippen LogP contribution is -2.55. The fourth-order valence-electron chi connectivity index (χ4n) is 5.25. The van der Waals surface area contributed by atoms with Gasteiger partial charge in [-0.3, -0.25) is 9.78 Å². The third kappa shape index (κ3) is 8.89. The van der Waals surface area contributed by atoms with Gasteiger partial charge >= 0.3 is 6.09 Å². The van der Waals surface area contributed by atoms with Gasteiger partial charge in [-0.15, -0.1) is 11.3 Å². The Morgan fingerprint density at radius 2 is 1.43 bits per heavy atom. The van der Waals surface area contributed by atoms with Crippen molar-refractivity contribution < 1.29 is 24.5 Å². The molecule has 9 heteroatoms. The summed E-state index contributed by atoms with van der Waals surface area (Å²) in [6.45, 7) is 3.67. The van der Waals surface area contributed by atoms with Crippen LogP contribution in [-0.2, 0) is 24.1 Å². The molecule has 220 valence electrons. The summed E-state index contributed by atoms with van der Waals surface area (Å²) in [4.78, 5) is 30.3. The first-order valence-electron chi connectivity index (χ1n) is 13.9. The van der Waals surface area contributed by atoms with Gasteiger partial charge < -0.3 is 25.6 Å². The van der Waals surface area contributed by atoms with Crippen molar-refractivity contribution in [3.8, 4) is 5.75 Å². The zero-order valence-electron chi connectivity index (χ0n) is 23.8. The number of thiazole rings is 1. The van der Waals surface area contributed by atoms with Gasteiger partial charge in [0.25, 0.3) is 5.91 Å². The summed E-state index contributed by atoms with van der Waals surface area (Å²) in [5.74, 6) is -0.205. The number of ether oxygens (including phenoxy) is 1. The summed E-state index contributed by atoms with van der Waals surface area (Å²) >= 11 is 1.46. The van der Waals surface area contributed by atoms with Crippen molar-refractivity contribution in [2.24, 2.45) is 5.92 Å². The third-order valence-electron chi connectivity index (χ3n) is 7.30. The second-order valence-electron chi connectivity index (χ2n) is 10.4. The van der Waals surface area contributed by atoms with Gasteiger partial charge in [0.2, 0.25) is 0 Å². The molecule has 4 aromatic rings. The average molecular weight is 588 g/mol. The highest BCUT2D eigenvalue weighted by Gasteiger charge is 2.36. The molecule has 0 radical (unpaired) electrons. The van der Waals surface area contributed by atoms with E-state index in [-0.39, 0.29) is 18.9 Å². The van der Waals surface area contributed by atoms with E-state index in [4.69, 9.17) is 4.74 Å². The van der Waals surface area contributed by atoms with Crippen LogP contribution in [0.5, 0.6) is 5.75 Å². The monoisotopic (exact) mass is 587 g/mol. The van der Waals surface area contributed by atoms with Crippen LogP contribution in [-0.4, -0.2) is 52.0 Å². The Bertz CT molecular complexity index is 1400. The van der Waals surface area contributed by atoms with Crippen LogP contribution in [0.1, 0.15) is 27.1 Å². The minimum Gasteiger partial charge on any atom is -0.483 e. The molecule has 0 fully saturated rings. The van der Waals surface area contributed by atoms with Crippen molar-refractivity contribution in [3.05, 3.63) is 118 Å². The van der Waals surface area contributed by atoms with Crippen molar-refractivity contribution in [2.45, 2.75) is 51.3 Å².